The van der Waals surface area contributed by atoms with Crippen molar-refractivity contribution in [1.82, 2.24) is 10.4 Å². The topological polar surface area (TPSA) is 113 Å². The molecular formula is C19H13N3O5S2. The Hall–Kier alpha value is -3.50. The van der Waals surface area contributed by atoms with Gasteiger partial charge in [0.2, 0.25) is 0 Å². The van der Waals surface area contributed by atoms with Crippen LogP contribution in [0.3, 0.4) is 0 Å². The molecule has 0 atom stereocenters. The van der Waals surface area contributed by atoms with Crippen LogP contribution >= 0.6 is 24.0 Å². The zero-order chi connectivity index (χ0) is 21.0. The van der Waals surface area contributed by atoms with Crippen LogP contribution in [0.15, 0.2) is 65.6 Å². The fraction of sp³-hybridized carbons (Fsp3) is 0. The van der Waals surface area contributed by atoms with Crippen molar-refractivity contribution in [2.45, 2.75) is 0 Å². The third kappa shape index (κ3) is 4.68. The SMILES string of the molecule is O=C(NN1C(=O)C(=CC=Cc2ccccc2[N+](=O)[O-])SC1=S)c1cccc(O)c1. The number of amides is 2. The van der Waals surface area contributed by atoms with Gasteiger partial charge in [-0.2, -0.15) is 5.01 Å². The zero-order valence-corrected chi connectivity index (χ0v) is 16.3. The molecule has 146 valence electrons. The van der Waals surface area contributed by atoms with Crippen LogP contribution < -0.4 is 5.43 Å². The molecule has 1 heterocycles. The summed E-state index contributed by atoms with van der Waals surface area (Å²) in [6.07, 6.45) is 4.48. The van der Waals surface area contributed by atoms with Crippen molar-refractivity contribution in [3.63, 3.8) is 0 Å². The Labute approximate surface area is 174 Å². The van der Waals surface area contributed by atoms with E-state index in [-0.39, 0.29) is 26.2 Å². The predicted molar refractivity (Wildman–Crippen MR) is 113 cm³/mol. The number of nitrogens with zero attached hydrogens (tertiary/aromatic N) is 2. The highest BCUT2D eigenvalue weighted by Crippen LogP contribution is 2.30. The Morgan fingerprint density at radius 2 is 2.00 bits per heavy atom. The number of nitrogens with one attached hydrogen (secondary N) is 1. The number of aromatic hydroxyl groups is 1. The Kier molecular flexibility index (Phi) is 6.05. The van der Waals surface area contributed by atoms with Crippen LogP contribution in [-0.2, 0) is 4.79 Å². The number of benzene rings is 2. The number of hydrazine groups is 1. The van der Waals surface area contributed by atoms with Gasteiger partial charge in [-0.3, -0.25) is 25.1 Å². The zero-order valence-electron chi connectivity index (χ0n) is 14.6. The lowest BCUT2D eigenvalue weighted by Gasteiger charge is -2.15. The van der Waals surface area contributed by atoms with Crippen molar-refractivity contribution < 1.29 is 19.6 Å². The summed E-state index contributed by atoms with van der Waals surface area (Å²) >= 11 is 6.12. The van der Waals surface area contributed by atoms with Gasteiger partial charge in [-0.1, -0.05) is 36.0 Å². The van der Waals surface area contributed by atoms with Gasteiger partial charge in [0.05, 0.1) is 15.4 Å². The first-order valence-electron chi connectivity index (χ1n) is 8.15. The fourth-order valence-corrected chi connectivity index (χ4v) is 3.56. The molecular weight excluding hydrogens is 414 g/mol. The molecule has 1 aliphatic rings. The van der Waals surface area contributed by atoms with Gasteiger partial charge >= 0.3 is 0 Å². The number of phenolic OH excluding ortho intramolecular Hbond substituents is 1. The lowest BCUT2D eigenvalue weighted by molar-refractivity contribution is -0.385. The quantitative estimate of drug-likeness (QED) is 0.325. The number of nitro benzene ring substituents is 1. The second kappa shape index (κ2) is 8.67. The average Bonchev–Trinajstić information content (AvgIpc) is 2.95. The van der Waals surface area contributed by atoms with E-state index in [4.69, 9.17) is 12.2 Å². The van der Waals surface area contributed by atoms with Crippen LogP contribution in [0.25, 0.3) is 6.08 Å². The Morgan fingerprint density at radius 1 is 1.24 bits per heavy atom. The summed E-state index contributed by atoms with van der Waals surface area (Å²) in [5.74, 6) is -1.21. The molecule has 0 radical (unpaired) electrons. The number of hydrogen-bond acceptors (Lipinski definition) is 7. The van der Waals surface area contributed by atoms with Crippen molar-refractivity contribution in [3.8, 4) is 5.75 Å². The number of hydrogen-bond donors (Lipinski definition) is 2. The molecule has 2 amide bonds. The van der Waals surface area contributed by atoms with Gasteiger partial charge in [-0.15, -0.1) is 0 Å². The first kappa shape index (κ1) is 20.2. The number of para-hydroxylation sites is 1. The van der Waals surface area contributed by atoms with Crippen molar-refractivity contribution in [3.05, 3.63) is 86.8 Å². The van der Waals surface area contributed by atoms with E-state index in [1.165, 1.54) is 48.6 Å². The molecule has 0 saturated carbocycles. The highest BCUT2D eigenvalue weighted by atomic mass is 32.2. The maximum Gasteiger partial charge on any atom is 0.285 e. The molecule has 1 saturated heterocycles. The maximum atomic E-state index is 12.5. The summed E-state index contributed by atoms with van der Waals surface area (Å²) in [6.45, 7) is 0. The van der Waals surface area contributed by atoms with E-state index in [1.54, 1.807) is 18.2 Å². The monoisotopic (exact) mass is 427 g/mol. The third-order valence-electron chi connectivity index (χ3n) is 3.77. The van der Waals surface area contributed by atoms with Crippen molar-refractivity contribution in [1.29, 1.82) is 0 Å². The number of phenols is 1. The predicted octanol–water partition coefficient (Wildman–Crippen LogP) is 3.40. The average molecular weight is 427 g/mol. The highest BCUT2D eigenvalue weighted by molar-refractivity contribution is 8.26. The van der Waals surface area contributed by atoms with E-state index in [9.17, 15) is 24.8 Å². The summed E-state index contributed by atoms with van der Waals surface area (Å²) in [5, 5.41) is 21.4. The molecule has 0 aromatic heterocycles. The van der Waals surface area contributed by atoms with E-state index in [1.807, 2.05) is 0 Å². The molecule has 29 heavy (non-hydrogen) atoms. The van der Waals surface area contributed by atoms with Crippen molar-refractivity contribution in [2.75, 3.05) is 0 Å². The smallest absolute Gasteiger partial charge is 0.285 e. The third-order valence-corrected chi connectivity index (χ3v) is 5.09. The molecule has 2 N–H and O–H groups in total. The molecule has 2 aromatic rings. The van der Waals surface area contributed by atoms with Gasteiger partial charge in [-0.05, 0) is 48.6 Å². The molecule has 1 aliphatic heterocycles. The highest BCUT2D eigenvalue weighted by Gasteiger charge is 2.33. The summed E-state index contributed by atoms with van der Waals surface area (Å²) in [7, 11) is 0. The molecule has 0 aliphatic carbocycles. The molecule has 8 nitrogen and oxygen atoms in total. The number of nitro groups is 1. The maximum absolute atomic E-state index is 12.5. The van der Waals surface area contributed by atoms with Gasteiger partial charge in [0, 0.05) is 11.6 Å². The summed E-state index contributed by atoms with van der Waals surface area (Å²) in [5.41, 5.74) is 2.91. The van der Waals surface area contributed by atoms with Crippen LogP contribution in [0.4, 0.5) is 5.69 Å². The minimum absolute atomic E-state index is 0.0527. The molecule has 10 heteroatoms. The van der Waals surface area contributed by atoms with Crippen molar-refractivity contribution >= 4 is 51.9 Å². The first-order chi connectivity index (χ1) is 13.9. The number of thioether (sulfide) groups is 1. The lowest BCUT2D eigenvalue weighted by atomic mass is 10.1. The summed E-state index contributed by atoms with van der Waals surface area (Å²) in [4.78, 5) is 35.6. The number of allylic oxidation sites excluding steroid dienone is 2. The van der Waals surface area contributed by atoms with Gasteiger partial charge in [0.1, 0.15) is 5.75 Å². The second-order valence-corrected chi connectivity index (χ2v) is 7.38. The standard InChI is InChI=1S/C19H13N3O5S2/c23-14-8-3-7-13(11-14)17(24)20-21-18(25)16(29-19(21)28)10-4-6-12-5-1-2-9-15(12)22(26)27/h1-11,23H,(H,20,24). The normalized spacial score (nSPS) is 15.3. The largest absolute Gasteiger partial charge is 0.508 e. The number of carbonyl (C=O) groups is 2. The number of rotatable bonds is 5. The molecule has 0 unspecified atom stereocenters. The lowest BCUT2D eigenvalue weighted by Crippen LogP contribution is -2.44. The van der Waals surface area contributed by atoms with Gasteiger partial charge in [0.25, 0.3) is 17.5 Å². The molecule has 2 aromatic carbocycles. The fourth-order valence-electron chi connectivity index (χ4n) is 2.43. The molecule has 1 fully saturated rings. The van der Waals surface area contributed by atoms with Gasteiger partial charge < -0.3 is 5.11 Å². The van der Waals surface area contributed by atoms with E-state index >= 15 is 0 Å². The Morgan fingerprint density at radius 3 is 2.72 bits per heavy atom. The minimum atomic E-state index is -0.603. The van der Waals surface area contributed by atoms with Crippen LogP contribution in [0.2, 0.25) is 0 Å². The van der Waals surface area contributed by atoms with Crippen LogP contribution in [0.5, 0.6) is 5.75 Å². The van der Waals surface area contributed by atoms with E-state index in [0.29, 0.717) is 5.56 Å². The number of thiocarbonyl (C=S) groups is 1. The van der Waals surface area contributed by atoms with Gasteiger partial charge in [0.15, 0.2) is 4.32 Å². The second-order valence-electron chi connectivity index (χ2n) is 5.71. The molecule has 3 rings (SSSR count). The Balaban J connectivity index is 1.73. The van der Waals surface area contributed by atoms with Crippen molar-refractivity contribution in [2.24, 2.45) is 0 Å². The first-order valence-corrected chi connectivity index (χ1v) is 9.37. The van der Waals surface area contributed by atoms with E-state index in [0.717, 1.165) is 16.8 Å². The van der Waals surface area contributed by atoms with Crippen LogP contribution in [0, 0.1) is 10.1 Å². The summed E-state index contributed by atoms with van der Waals surface area (Å²) < 4.78 is 0.133. The molecule has 0 bridgehead atoms. The Bertz CT molecular complexity index is 1080. The van der Waals surface area contributed by atoms with Crippen LogP contribution in [-0.4, -0.2) is 31.2 Å². The minimum Gasteiger partial charge on any atom is -0.508 e. The number of carbonyl (C=O) groups excluding carboxylic acids is 2. The van der Waals surface area contributed by atoms with Gasteiger partial charge in [-0.25, -0.2) is 0 Å². The molecule has 0 spiro atoms. The van der Waals surface area contributed by atoms with E-state index in [2.05, 4.69) is 5.43 Å². The summed E-state index contributed by atoms with van der Waals surface area (Å²) in [6, 6.07) is 11.9. The van der Waals surface area contributed by atoms with Crippen LogP contribution in [0.1, 0.15) is 15.9 Å². The van der Waals surface area contributed by atoms with E-state index < -0.39 is 16.7 Å².